The van der Waals surface area contributed by atoms with Crippen LogP contribution in [0.4, 0.5) is 0 Å². The van der Waals surface area contributed by atoms with Gasteiger partial charge in [-0.15, -0.1) is 0 Å². The minimum atomic E-state index is 0.111. The number of hydrogen-bond donors (Lipinski definition) is 2. The van der Waals surface area contributed by atoms with Crippen LogP contribution < -0.4 is 5.73 Å². The molecule has 0 aliphatic heterocycles. The number of likely N-dealkylation sites (N-methyl/N-ethyl adjacent to an activating group) is 1. The second-order valence-electron chi connectivity index (χ2n) is 4.33. The Hall–Kier alpha value is -1.39. The second kappa shape index (κ2) is 6.37. The largest absolute Gasteiger partial charge is 0.384 e. The van der Waals surface area contributed by atoms with Gasteiger partial charge in [0.25, 0.3) is 0 Å². The molecule has 0 aliphatic rings. The number of amidine groups is 1. The normalized spacial score (nSPS) is 12.7. The number of hydrogen-bond acceptors (Lipinski definition) is 3. The first kappa shape index (κ1) is 13.7. The van der Waals surface area contributed by atoms with Gasteiger partial charge in [-0.05, 0) is 25.6 Å². The highest BCUT2D eigenvalue weighted by molar-refractivity contribution is 5.95. The van der Waals surface area contributed by atoms with E-state index in [1.54, 1.807) is 7.11 Å². The summed E-state index contributed by atoms with van der Waals surface area (Å²) in [6, 6.07) is 8.15. The van der Waals surface area contributed by atoms with Gasteiger partial charge in [-0.3, -0.25) is 10.3 Å². The number of rotatable bonds is 6. The highest BCUT2D eigenvalue weighted by Crippen LogP contribution is 2.09. The average molecular weight is 235 g/mol. The molecule has 17 heavy (non-hydrogen) atoms. The van der Waals surface area contributed by atoms with Crippen molar-refractivity contribution in [3.63, 3.8) is 0 Å². The van der Waals surface area contributed by atoms with Crippen molar-refractivity contribution >= 4 is 5.84 Å². The van der Waals surface area contributed by atoms with Crippen molar-refractivity contribution in [2.75, 3.05) is 20.8 Å². The van der Waals surface area contributed by atoms with Gasteiger partial charge in [0.15, 0.2) is 0 Å². The zero-order chi connectivity index (χ0) is 12.8. The van der Waals surface area contributed by atoms with Gasteiger partial charge in [0.1, 0.15) is 5.84 Å². The molecule has 1 aromatic rings. The van der Waals surface area contributed by atoms with Crippen molar-refractivity contribution in [3.8, 4) is 0 Å². The maximum Gasteiger partial charge on any atom is 0.122 e. The zero-order valence-corrected chi connectivity index (χ0v) is 10.7. The molecule has 1 unspecified atom stereocenters. The van der Waals surface area contributed by atoms with E-state index in [2.05, 4.69) is 18.9 Å². The molecule has 4 nitrogen and oxygen atoms in total. The summed E-state index contributed by atoms with van der Waals surface area (Å²) in [6.07, 6.45) is 0. The monoisotopic (exact) mass is 235 g/mol. The highest BCUT2D eigenvalue weighted by Gasteiger charge is 2.09. The van der Waals surface area contributed by atoms with Gasteiger partial charge in [-0.25, -0.2) is 0 Å². The summed E-state index contributed by atoms with van der Waals surface area (Å²) in [5.41, 5.74) is 7.40. The molecular formula is C13H21N3O. The van der Waals surface area contributed by atoms with E-state index < -0.39 is 0 Å². The first-order valence-corrected chi connectivity index (χ1v) is 5.67. The predicted molar refractivity (Wildman–Crippen MR) is 70.3 cm³/mol. The molecule has 0 fully saturated rings. The maximum atomic E-state index is 7.41. The molecule has 4 heteroatoms. The summed E-state index contributed by atoms with van der Waals surface area (Å²) in [6.45, 7) is 3.66. The Morgan fingerprint density at radius 2 is 2.24 bits per heavy atom. The Kier molecular flexibility index (Phi) is 5.12. The number of nitrogens with two attached hydrogens (primary N) is 1. The summed E-state index contributed by atoms with van der Waals surface area (Å²) in [5, 5.41) is 7.41. The Labute approximate surface area is 103 Å². The Balaban J connectivity index is 2.68. The van der Waals surface area contributed by atoms with E-state index in [9.17, 15) is 0 Å². The Morgan fingerprint density at radius 1 is 1.53 bits per heavy atom. The standard InChI is InChI=1S/C13H21N3O/c1-10(9-17-3)16(2)8-11-5-4-6-12(7-11)13(14)15/h4-7,10H,8-9H2,1-3H3,(H3,14,15). The topological polar surface area (TPSA) is 62.3 Å². The van der Waals surface area contributed by atoms with Gasteiger partial charge in [0, 0.05) is 25.3 Å². The van der Waals surface area contributed by atoms with E-state index in [0.29, 0.717) is 12.6 Å². The minimum Gasteiger partial charge on any atom is -0.384 e. The van der Waals surface area contributed by atoms with Gasteiger partial charge < -0.3 is 10.5 Å². The number of methoxy groups -OCH3 is 1. The molecule has 0 aromatic heterocycles. The van der Waals surface area contributed by atoms with E-state index in [-0.39, 0.29) is 5.84 Å². The third-order valence-electron chi connectivity index (χ3n) is 2.83. The summed E-state index contributed by atoms with van der Waals surface area (Å²) in [7, 11) is 3.77. The summed E-state index contributed by atoms with van der Waals surface area (Å²) in [4.78, 5) is 2.21. The summed E-state index contributed by atoms with van der Waals surface area (Å²) >= 11 is 0. The predicted octanol–water partition coefficient (Wildman–Crippen LogP) is 1.44. The molecule has 1 aromatic carbocycles. The van der Waals surface area contributed by atoms with Gasteiger partial charge in [0.2, 0.25) is 0 Å². The second-order valence-corrected chi connectivity index (χ2v) is 4.33. The van der Waals surface area contributed by atoms with E-state index in [1.807, 2.05) is 24.3 Å². The number of nitrogens with zero attached hydrogens (tertiary/aromatic N) is 1. The van der Waals surface area contributed by atoms with Gasteiger partial charge in [-0.1, -0.05) is 18.2 Å². The quantitative estimate of drug-likeness (QED) is 0.579. The molecular weight excluding hydrogens is 214 g/mol. The first-order chi connectivity index (χ1) is 8.04. The van der Waals surface area contributed by atoms with Crippen LogP contribution in [0.15, 0.2) is 24.3 Å². The lowest BCUT2D eigenvalue weighted by molar-refractivity contribution is 0.112. The SMILES string of the molecule is COCC(C)N(C)Cc1cccc(C(=N)N)c1. The summed E-state index contributed by atoms with van der Waals surface area (Å²) in [5.74, 6) is 0.111. The van der Waals surface area contributed by atoms with E-state index in [0.717, 1.165) is 17.7 Å². The van der Waals surface area contributed by atoms with Crippen molar-refractivity contribution in [3.05, 3.63) is 35.4 Å². The van der Waals surface area contributed by atoms with Crippen LogP contribution in [0.3, 0.4) is 0 Å². The number of nitrogens with one attached hydrogen (secondary N) is 1. The van der Waals surface area contributed by atoms with Crippen molar-refractivity contribution in [2.45, 2.75) is 19.5 Å². The van der Waals surface area contributed by atoms with Crippen LogP contribution in [0.25, 0.3) is 0 Å². The van der Waals surface area contributed by atoms with Crippen LogP contribution in [0.2, 0.25) is 0 Å². The smallest absolute Gasteiger partial charge is 0.122 e. The lowest BCUT2D eigenvalue weighted by Crippen LogP contribution is -2.32. The van der Waals surface area contributed by atoms with Crippen LogP contribution in [-0.4, -0.2) is 37.5 Å². The number of benzene rings is 1. The molecule has 0 saturated carbocycles. The fraction of sp³-hybridized carbons (Fsp3) is 0.462. The molecule has 0 spiro atoms. The van der Waals surface area contributed by atoms with Gasteiger partial charge in [-0.2, -0.15) is 0 Å². The van der Waals surface area contributed by atoms with E-state index in [4.69, 9.17) is 15.9 Å². The minimum absolute atomic E-state index is 0.111. The van der Waals surface area contributed by atoms with Crippen LogP contribution in [0, 0.1) is 5.41 Å². The molecule has 1 atom stereocenters. The molecule has 0 saturated heterocycles. The molecule has 0 aliphatic carbocycles. The summed E-state index contributed by atoms with van der Waals surface area (Å²) < 4.78 is 5.13. The van der Waals surface area contributed by atoms with Crippen LogP contribution in [0.1, 0.15) is 18.1 Å². The van der Waals surface area contributed by atoms with Crippen molar-refractivity contribution in [1.82, 2.24) is 4.90 Å². The lowest BCUT2D eigenvalue weighted by Gasteiger charge is -2.24. The molecule has 0 heterocycles. The van der Waals surface area contributed by atoms with Gasteiger partial charge >= 0.3 is 0 Å². The van der Waals surface area contributed by atoms with Crippen LogP contribution in [0.5, 0.6) is 0 Å². The zero-order valence-electron chi connectivity index (χ0n) is 10.7. The van der Waals surface area contributed by atoms with Crippen molar-refractivity contribution in [2.24, 2.45) is 5.73 Å². The molecule has 0 bridgehead atoms. The highest BCUT2D eigenvalue weighted by atomic mass is 16.5. The Bertz CT molecular complexity index is 379. The van der Waals surface area contributed by atoms with E-state index >= 15 is 0 Å². The third kappa shape index (κ3) is 4.17. The van der Waals surface area contributed by atoms with Crippen LogP contribution in [-0.2, 0) is 11.3 Å². The number of nitrogen functional groups attached to an aromatic ring is 1. The van der Waals surface area contributed by atoms with Crippen molar-refractivity contribution in [1.29, 1.82) is 5.41 Å². The molecule has 0 radical (unpaired) electrons. The Morgan fingerprint density at radius 3 is 2.82 bits per heavy atom. The molecule has 1 rings (SSSR count). The fourth-order valence-electron chi connectivity index (χ4n) is 1.65. The molecule has 3 N–H and O–H groups in total. The third-order valence-corrected chi connectivity index (χ3v) is 2.83. The lowest BCUT2D eigenvalue weighted by atomic mass is 10.1. The van der Waals surface area contributed by atoms with E-state index in [1.165, 1.54) is 0 Å². The van der Waals surface area contributed by atoms with Crippen molar-refractivity contribution < 1.29 is 4.74 Å². The fourth-order valence-corrected chi connectivity index (χ4v) is 1.65. The van der Waals surface area contributed by atoms with Gasteiger partial charge in [0.05, 0.1) is 6.61 Å². The molecule has 94 valence electrons. The maximum absolute atomic E-state index is 7.41. The average Bonchev–Trinajstić information content (AvgIpc) is 2.29. The first-order valence-electron chi connectivity index (χ1n) is 5.67. The molecule has 0 amide bonds. The number of ether oxygens (including phenoxy) is 1. The van der Waals surface area contributed by atoms with Crippen LogP contribution >= 0.6 is 0 Å².